The SMILES string of the molecule is CCCCNC(=O)C(=O)Nc1cc([N+](=O)[O-])ccc1Cl. The first-order valence-corrected chi connectivity index (χ1v) is 6.36. The van der Waals surface area contributed by atoms with Gasteiger partial charge >= 0.3 is 11.8 Å². The molecule has 1 rings (SSSR count). The molecular weight excluding hydrogens is 286 g/mol. The van der Waals surface area contributed by atoms with Gasteiger partial charge in [0.1, 0.15) is 0 Å². The van der Waals surface area contributed by atoms with E-state index in [0.717, 1.165) is 18.9 Å². The number of nitro benzene ring substituents is 1. The molecule has 2 amide bonds. The minimum atomic E-state index is -0.913. The molecule has 0 bridgehead atoms. The summed E-state index contributed by atoms with van der Waals surface area (Å²) in [6.45, 7) is 2.35. The molecule has 1 aromatic carbocycles. The van der Waals surface area contributed by atoms with Crippen LogP contribution in [0.25, 0.3) is 0 Å². The highest BCUT2D eigenvalue weighted by atomic mass is 35.5. The summed E-state index contributed by atoms with van der Waals surface area (Å²) >= 11 is 5.81. The lowest BCUT2D eigenvalue weighted by Gasteiger charge is -2.07. The van der Waals surface area contributed by atoms with Gasteiger partial charge in [0.05, 0.1) is 15.6 Å². The van der Waals surface area contributed by atoms with Gasteiger partial charge in [0.15, 0.2) is 0 Å². The fraction of sp³-hybridized carbons (Fsp3) is 0.333. The van der Waals surface area contributed by atoms with E-state index in [0.29, 0.717) is 6.54 Å². The molecular formula is C12H14ClN3O4. The minimum absolute atomic E-state index is 0.0245. The molecule has 0 unspecified atom stereocenters. The van der Waals surface area contributed by atoms with Crippen molar-refractivity contribution in [2.75, 3.05) is 11.9 Å². The quantitative estimate of drug-likeness (QED) is 0.376. The van der Waals surface area contributed by atoms with Crippen molar-refractivity contribution in [1.29, 1.82) is 0 Å². The molecule has 0 saturated carbocycles. The van der Waals surface area contributed by atoms with Gasteiger partial charge < -0.3 is 10.6 Å². The molecule has 0 atom stereocenters. The molecule has 0 aliphatic heterocycles. The number of carbonyl (C=O) groups is 2. The maximum atomic E-state index is 11.6. The fourth-order valence-corrected chi connectivity index (χ4v) is 1.53. The van der Waals surface area contributed by atoms with Gasteiger partial charge in [-0.25, -0.2) is 0 Å². The van der Waals surface area contributed by atoms with Gasteiger partial charge in [-0.3, -0.25) is 19.7 Å². The number of nitrogens with one attached hydrogen (secondary N) is 2. The highest BCUT2D eigenvalue weighted by Crippen LogP contribution is 2.26. The van der Waals surface area contributed by atoms with Crippen LogP contribution < -0.4 is 10.6 Å². The predicted octanol–water partition coefficient (Wildman–Crippen LogP) is 2.10. The maximum Gasteiger partial charge on any atom is 0.313 e. The number of nitro groups is 1. The zero-order chi connectivity index (χ0) is 15.1. The molecule has 0 aliphatic rings. The van der Waals surface area contributed by atoms with Crippen LogP contribution in [0.3, 0.4) is 0 Å². The second kappa shape index (κ2) is 7.44. The third-order valence-electron chi connectivity index (χ3n) is 2.43. The number of non-ortho nitro benzene ring substituents is 1. The average molecular weight is 300 g/mol. The Kier molecular flexibility index (Phi) is 5.92. The molecule has 0 radical (unpaired) electrons. The normalized spacial score (nSPS) is 9.90. The van der Waals surface area contributed by atoms with Crippen LogP contribution in [-0.2, 0) is 9.59 Å². The van der Waals surface area contributed by atoms with Gasteiger partial charge in [0.2, 0.25) is 0 Å². The molecule has 0 aromatic heterocycles. The summed E-state index contributed by atoms with van der Waals surface area (Å²) < 4.78 is 0. The van der Waals surface area contributed by atoms with Crippen molar-refractivity contribution >= 4 is 34.8 Å². The smallest absolute Gasteiger partial charge is 0.313 e. The summed E-state index contributed by atoms with van der Waals surface area (Å²) in [4.78, 5) is 33.1. The van der Waals surface area contributed by atoms with Crippen LogP contribution in [0.15, 0.2) is 18.2 Å². The van der Waals surface area contributed by atoms with E-state index in [1.165, 1.54) is 12.1 Å². The van der Waals surface area contributed by atoms with E-state index in [9.17, 15) is 19.7 Å². The van der Waals surface area contributed by atoms with Crippen LogP contribution in [0, 0.1) is 10.1 Å². The predicted molar refractivity (Wildman–Crippen MR) is 74.7 cm³/mol. The van der Waals surface area contributed by atoms with Crippen LogP contribution in [0.4, 0.5) is 11.4 Å². The molecule has 0 fully saturated rings. The van der Waals surface area contributed by atoms with E-state index < -0.39 is 16.7 Å². The summed E-state index contributed by atoms with van der Waals surface area (Å²) in [7, 11) is 0. The number of hydrogen-bond acceptors (Lipinski definition) is 4. The van der Waals surface area contributed by atoms with Crippen molar-refractivity contribution in [1.82, 2.24) is 5.32 Å². The second-order valence-electron chi connectivity index (χ2n) is 3.98. The number of carbonyl (C=O) groups excluding carboxylic acids is 2. The topological polar surface area (TPSA) is 101 Å². The van der Waals surface area contributed by atoms with E-state index in [4.69, 9.17) is 11.6 Å². The average Bonchev–Trinajstić information content (AvgIpc) is 2.41. The van der Waals surface area contributed by atoms with Gasteiger partial charge in [-0.05, 0) is 12.5 Å². The second-order valence-corrected chi connectivity index (χ2v) is 4.39. The third-order valence-corrected chi connectivity index (χ3v) is 2.76. The van der Waals surface area contributed by atoms with Gasteiger partial charge in [-0.15, -0.1) is 0 Å². The largest absolute Gasteiger partial charge is 0.348 e. The lowest BCUT2D eigenvalue weighted by atomic mass is 10.2. The Labute approximate surface area is 120 Å². The van der Waals surface area contributed by atoms with Crippen molar-refractivity contribution in [3.8, 4) is 0 Å². The first kappa shape index (κ1) is 15.9. The molecule has 1 aromatic rings. The highest BCUT2D eigenvalue weighted by molar-refractivity contribution is 6.41. The van der Waals surface area contributed by atoms with Crippen molar-refractivity contribution in [2.45, 2.75) is 19.8 Å². The monoisotopic (exact) mass is 299 g/mol. The Balaban J connectivity index is 2.72. The summed E-state index contributed by atoms with van der Waals surface area (Å²) in [5.41, 5.74) is -0.201. The molecule has 20 heavy (non-hydrogen) atoms. The number of rotatable bonds is 5. The summed E-state index contributed by atoms with van der Waals surface area (Å²) in [5.74, 6) is -1.72. The van der Waals surface area contributed by atoms with Gasteiger partial charge in [0.25, 0.3) is 5.69 Å². The Morgan fingerprint density at radius 1 is 1.35 bits per heavy atom. The number of anilines is 1. The fourth-order valence-electron chi connectivity index (χ4n) is 1.36. The van der Waals surface area contributed by atoms with Crippen LogP contribution >= 0.6 is 11.6 Å². The lowest BCUT2D eigenvalue weighted by Crippen LogP contribution is -2.35. The van der Waals surface area contributed by atoms with E-state index in [-0.39, 0.29) is 16.4 Å². The maximum absolute atomic E-state index is 11.6. The summed E-state index contributed by atoms with van der Waals surface area (Å²) in [5, 5.41) is 15.4. The minimum Gasteiger partial charge on any atom is -0.348 e. The highest BCUT2D eigenvalue weighted by Gasteiger charge is 2.16. The number of amides is 2. The zero-order valence-corrected chi connectivity index (χ0v) is 11.6. The zero-order valence-electron chi connectivity index (χ0n) is 10.8. The summed E-state index contributed by atoms with van der Waals surface area (Å²) in [6, 6.07) is 3.59. The molecule has 108 valence electrons. The molecule has 0 spiro atoms. The van der Waals surface area contributed by atoms with E-state index >= 15 is 0 Å². The van der Waals surface area contributed by atoms with Crippen LogP contribution in [0.1, 0.15) is 19.8 Å². The molecule has 2 N–H and O–H groups in total. The summed E-state index contributed by atoms with van der Waals surface area (Å²) in [6.07, 6.45) is 1.65. The number of benzene rings is 1. The first-order valence-electron chi connectivity index (χ1n) is 5.98. The van der Waals surface area contributed by atoms with E-state index in [1.54, 1.807) is 0 Å². The standard InChI is InChI=1S/C12H14ClN3O4/c1-2-3-6-14-11(17)12(18)15-10-7-8(16(19)20)4-5-9(10)13/h4-5,7H,2-3,6H2,1H3,(H,14,17)(H,15,18). The van der Waals surface area contributed by atoms with Crippen LogP contribution in [0.5, 0.6) is 0 Å². The Bertz CT molecular complexity index is 533. The Hall–Kier alpha value is -2.15. The van der Waals surface area contributed by atoms with Crippen molar-refractivity contribution in [3.63, 3.8) is 0 Å². The van der Waals surface area contributed by atoms with Crippen molar-refractivity contribution in [3.05, 3.63) is 33.3 Å². The number of unbranched alkanes of at least 4 members (excludes halogenated alkanes) is 1. The molecule has 8 heteroatoms. The molecule has 7 nitrogen and oxygen atoms in total. The molecule has 0 heterocycles. The number of nitrogens with zero attached hydrogens (tertiary/aromatic N) is 1. The van der Waals surface area contributed by atoms with Gasteiger partial charge in [0, 0.05) is 18.7 Å². The van der Waals surface area contributed by atoms with E-state index in [2.05, 4.69) is 10.6 Å². The van der Waals surface area contributed by atoms with Crippen LogP contribution in [0.2, 0.25) is 5.02 Å². The van der Waals surface area contributed by atoms with Gasteiger partial charge in [-0.2, -0.15) is 0 Å². The Morgan fingerprint density at radius 3 is 2.65 bits per heavy atom. The van der Waals surface area contributed by atoms with Crippen molar-refractivity contribution in [2.24, 2.45) is 0 Å². The molecule has 0 saturated heterocycles. The third kappa shape index (κ3) is 4.51. The van der Waals surface area contributed by atoms with E-state index in [1.807, 2.05) is 6.92 Å². The van der Waals surface area contributed by atoms with Crippen LogP contribution in [-0.4, -0.2) is 23.3 Å². The number of halogens is 1. The van der Waals surface area contributed by atoms with Gasteiger partial charge in [-0.1, -0.05) is 24.9 Å². The first-order chi connectivity index (χ1) is 9.45. The van der Waals surface area contributed by atoms with Crippen molar-refractivity contribution < 1.29 is 14.5 Å². The molecule has 0 aliphatic carbocycles. The number of hydrogen-bond donors (Lipinski definition) is 2. The lowest BCUT2D eigenvalue weighted by molar-refractivity contribution is -0.384. The Morgan fingerprint density at radius 2 is 2.05 bits per heavy atom.